The van der Waals surface area contributed by atoms with Crippen LogP contribution in [-0.4, -0.2) is 44.3 Å². The zero-order chi connectivity index (χ0) is 22.2. The highest BCUT2D eigenvalue weighted by Gasteiger charge is 2.39. The fourth-order valence-electron chi connectivity index (χ4n) is 3.94. The summed E-state index contributed by atoms with van der Waals surface area (Å²) in [4.78, 5) is 14.9. The van der Waals surface area contributed by atoms with E-state index in [0.717, 1.165) is 0 Å². The fourth-order valence-corrected chi connectivity index (χ4v) is 5.16. The van der Waals surface area contributed by atoms with Gasteiger partial charge in [-0.1, -0.05) is 24.3 Å². The number of halogens is 2. The first-order valence-corrected chi connectivity index (χ1v) is 11.3. The summed E-state index contributed by atoms with van der Waals surface area (Å²) < 4.78 is 58.1. The first-order chi connectivity index (χ1) is 14.8. The molecule has 1 fully saturated rings. The predicted octanol–water partition coefficient (Wildman–Crippen LogP) is 3.08. The highest BCUT2D eigenvalue weighted by Crippen LogP contribution is 2.31. The lowest BCUT2D eigenvalue weighted by Gasteiger charge is -2.27. The number of hydrogen-bond donors (Lipinski definition) is 1. The van der Waals surface area contributed by atoms with E-state index in [1.165, 1.54) is 18.2 Å². The Labute approximate surface area is 178 Å². The number of hydrogen-bond acceptors (Lipinski definition) is 5. The van der Waals surface area contributed by atoms with Crippen molar-refractivity contribution in [2.75, 3.05) is 6.54 Å². The third-order valence-electron chi connectivity index (χ3n) is 5.38. The van der Waals surface area contributed by atoms with Crippen LogP contribution in [0.1, 0.15) is 36.9 Å². The molecule has 1 saturated heterocycles. The molecule has 0 radical (unpaired) electrons. The molecule has 1 N–H and O–H groups in total. The highest BCUT2D eigenvalue weighted by atomic mass is 32.2. The van der Waals surface area contributed by atoms with Crippen LogP contribution in [-0.2, 0) is 14.8 Å². The number of carbonyl (C=O) groups excluding carboxylic acids is 1. The van der Waals surface area contributed by atoms with Crippen LogP contribution in [0.4, 0.5) is 8.78 Å². The van der Waals surface area contributed by atoms with Crippen LogP contribution in [0.2, 0.25) is 0 Å². The number of nitrogens with zero attached hydrogens (tertiary/aromatic N) is 2. The van der Waals surface area contributed by atoms with E-state index in [9.17, 15) is 22.0 Å². The molecule has 4 rings (SSSR count). The van der Waals surface area contributed by atoms with Crippen molar-refractivity contribution in [3.05, 3.63) is 59.7 Å². The minimum absolute atomic E-state index is 0.0122. The van der Waals surface area contributed by atoms with E-state index in [2.05, 4.69) is 14.5 Å². The average molecular weight is 449 g/mol. The Morgan fingerprint density at radius 1 is 1.23 bits per heavy atom. The minimum Gasteiger partial charge on any atom is -0.435 e. The van der Waals surface area contributed by atoms with Crippen LogP contribution in [0.25, 0.3) is 0 Å². The minimum atomic E-state index is -3.78. The molecule has 2 aromatic carbocycles. The predicted molar refractivity (Wildman–Crippen MR) is 110 cm³/mol. The molecule has 2 heterocycles. The van der Waals surface area contributed by atoms with E-state index < -0.39 is 28.7 Å². The lowest BCUT2D eigenvalue weighted by Crippen LogP contribution is -2.46. The number of fused-ring (bicyclic) bond motifs is 1. The summed E-state index contributed by atoms with van der Waals surface area (Å²) >= 11 is 0. The van der Waals surface area contributed by atoms with Gasteiger partial charge in [-0.25, -0.2) is 0 Å². The van der Waals surface area contributed by atoms with Crippen molar-refractivity contribution < 1.29 is 26.7 Å². The summed E-state index contributed by atoms with van der Waals surface area (Å²) in [6.45, 7) is -0.684. The van der Waals surface area contributed by atoms with Crippen LogP contribution in [0.15, 0.2) is 57.8 Å². The number of likely N-dealkylation sites (tertiary alicyclic amines) is 1. The number of alkyl halides is 2. The Kier molecular flexibility index (Phi) is 5.65. The summed E-state index contributed by atoms with van der Waals surface area (Å²) in [7, 11) is -3.78. The Hall–Kier alpha value is -3.01. The standard InChI is InChI=1S/C21H21F2N3O4S/c1-13(14-6-4-7-15(12-14)30-21(22)23)24-20(27)17-9-5-11-26(17)19-16-8-2-3-10-18(16)31(28,29)25-19/h2-4,6-8,10,12-13,17,21H,5,9,11H2,1H3,(H,24,27)/t13?,17-/m0/s1. The average Bonchev–Trinajstić information content (AvgIpc) is 3.31. The van der Waals surface area contributed by atoms with E-state index in [4.69, 9.17) is 0 Å². The van der Waals surface area contributed by atoms with Gasteiger partial charge in [0.05, 0.1) is 6.04 Å². The molecule has 10 heteroatoms. The third-order valence-corrected chi connectivity index (χ3v) is 6.71. The molecule has 0 spiro atoms. The Morgan fingerprint density at radius 3 is 2.77 bits per heavy atom. The number of sulfonamides is 1. The SMILES string of the molecule is CC(NC(=O)[C@@H]1CCCN1C1=NS(=O)(=O)c2ccccc21)c1cccc(OC(F)F)c1. The number of amidine groups is 1. The number of ether oxygens (including phenoxy) is 1. The van der Waals surface area contributed by atoms with Crippen molar-refractivity contribution in [3.63, 3.8) is 0 Å². The van der Waals surface area contributed by atoms with Crippen molar-refractivity contribution in [1.29, 1.82) is 0 Å². The molecule has 7 nitrogen and oxygen atoms in total. The molecule has 0 aliphatic carbocycles. The Morgan fingerprint density at radius 2 is 2.00 bits per heavy atom. The molecule has 0 aromatic heterocycles. The molecule has 2 aliphatic rings. The van der Waals surface area contributed by atoms with Gasteiger partial charge in [0.15, 0.2) is 5.84 Å². The zero-order valence-electron chi connectivity index (χ0n) is 16.7. The lowest BCUT2D eigenvalue weighted by atomic mass is 10.1. The molecule has 31 heavy (non-hydrogen) atoms. The molecule has 164 valence electrons. The normalized spacial score (nSPS) is 20.3. The van der Waals surface area contributed by atoms with Gasteiger partial charge in [0, 0.05) is 12.1 Å². The van der Waals surface area contributed by atoms with E-state index in [1.807, 2.05) is 0 Å². The summed E-state index contributed by atoms with van der Waals surface area (Å²) in [6.07, 6.45) is 1.26. The van der Waals surface area contributed by atoms with E-state index in [0.29, 0.717) is 30.5 Å². The number of rotatable bonds is 5. The first-order valence-electron chi connectivity index (χ1n) is 9.82. The Balaban J connectivity index is 1.52. The van der Waals surface area contributed by atoms with Crippen molar-refractivity contribution >= 4 is 21.8 Å². The van der Waals surface area contributed by atoms with Gasteiger partial charge in [-0.15, -0.1) is 4.40 Å². The van der Waals surface area contributed by atoms with E-state index in [1.54, 1.807) is 42.2 Å². The molecule has 0 saturated carbocycles. The van der Waals surface area contributed by atoms with Crippen molar-refractivity contribution in [2.45, 2.75) is 43.4 Å². The molecular weight excluding hydrogens is 428 g/mol. The van der Waals surface area contributed by atoms with Crippen LogP contribution in [0, 0.1) is 0 Å². The van der Waals surface area contributed by atoms with Gasteiger partial charge < -0.3 is 15.0 Å². The quantitative estimate of drug-likeness (QED) is 0.758. The second kappa shape index (κ2) is 8.26. The summed E-state index contributed by atoms with van der Waals surface area (Å²) in [5.74, 6) is 0.0149. The van der Waals surface area contributed by atoms with Gasteiger partial charge in [-0.2, -0.15) is 17.2 Å². The van der Waals surface area contributed by atoms with Crippen LogP contribution >= 0.6 is 0 Å². The number of carbonyl (C=O) groups is 1. The van der Waals surface area contributed by atoms with Crippen LogP contribution in [0.3, 0.4) is 0 Å². The smallest absolute Gasteiger partial charge is 0.387 e. The second-order valence-electron chi connectivity index (χ2n) is 7.42. The maximum atomic E-state index is 13.0. The van der Waals surface area contributed by atoms with Gasteiger partial charge in [-0.05, 0) is 49.6 Å². The molecular formula is C21H21F2N3O4S. The molecule has 2 aliphatic heterocycles. The molecule has 1 amide bonds. The fraction of sp³-hybridized carbons (Fsp3) is 0.333. The molecule has 2 aromatic rings. The van der Waals surface area contributed by atoms with Gasteiger partial charge in [-0.3, -0.25) is 4.79 Å². The number of nitrogens with one attached hydrogen (secondary N) is 1. The number of amides is 1. The largest absolute Gasteiger partial charge is 0.435 e. The van der Waals surface area contributed by atoms with Gasteiger partial charge >= 0.3 is 6.61 Å². The van der Waals surface area contributed by atoms with Crippen molar-refractivity contribution in [2.24, 2.45) is 4.40 Å². The maximum Gasteiger partial charge on any atom is 0.387 e. The van der Waals surface area contributed by atoms with Gasteiger partial charge in [0.25, 0.3) is 10.0 Å². The first kappa shape index (κ1) is 21.2. The monoisotopic (exact) mass is 449 g/mol. The van der Waals surface area contributed by atoms with Crippen LogP contribution in [0.5, 0.6) is 5.75 Å². The van der Waals surface area contributed by atoms with Crippen molar-refractivity contribution in [3.8, 4) is 5.75 Å². The van der Waals surface area contributed by atoms with Gasteiger partial charge in [0.2, 0.25) is 5.91 Å². The van der Waals surface area contributed by atoms with Crippen molar-refractivity contribution in [1.82, 2.24) is 10.2 Å². The lowest BCUT2D eigenvalue weighted by molar-refractivity contribution is -0.125. The molecule has 1 unspecified atom stereocenters. The van der Waals surface area contributed by atoms with Gasteiger partial charge in [0.1, 0.15) is 16.7 Å². The van der Waals surface area contributed by atoms with E-state index in [-0.39, 0.29) is 22.4 Å². The molecule has 2 atom stereocenters. The molecule has 0 bridgehead atoms. The maximum absolute atomic E-state index is 13.0. The summed E-state index contributed by atoms with van der Waals surface area (Å²) in [5.41, 5.74) is 1.11. The van der Waals surface area contributed by atoms with E-state index >= 15 is 0 Å². The van der Waals surface area contributed by atoms with Crippen LogP contribution < -0.4 is 10.1 Å². The summed E-state index contributed by atoms with van der Waals surface area (Å²) in [5, 5.41) is 2.89. The zero-order valence-corrected chi connectivity index (χ0v) is 17.5. The Bertz CT molecular complexity index is 1140. The topological polar surface area (TPSA) is 88.1 Å². The highest BCUT2D eigenvalue weighted by molar-refractivity contribution is 7.90. The summed E-state index contributed by atoms with van der Waals surface area (Å²) in [6, 6.07) is 11.7. The number of benzene rings is 2. The third kappa shape index (κ3) is 4.25. The second-order valence-corrected chi connectivity index (χ2v) is 8.99.